The molecular formula is C13H21N3O3S. The molecule has 0 spiro atoms. The van der Waals surface area contributed by atoms with Gasteiger partial charge in [0.05, 0.1) is 0 Å². The van der Waals surface area contributed by atoms with Gasteiger partial charge in [-0.3, -0.25) is 9.36 Å². The van der Waals surface area contributed by atoms with Crippen molar-refractivity contribution < 1.29 is 9.90 Å². The molecular weight excluding hydrogens is 278 g/mol. The van der Waals surface area contributed by atoms with Crippen LogP contribution in [0, 0.1) is 13.8 Å². The summed E-state index contributed by atoms with van der Waals surface area (Å²) in [5.41, 5.74) is 1.17. The predicted molar refractivity (Wildman–Crippen MR) is 80.0 cm³/mol. The standard InChI is InChI=1S/C13H21N3O3S/c1-9-8-10(2)16(13(19)15-9)6-5-14-12(18)11(17)4-7-20-3/h8,11,17H,4-7H2,1-3H3,(H,14,18)/t11-/m0/s1. The Balaban J connectivity index is 2.49. The van der Waals surface area contributed by atoms with E-state index in [0.29, 0.717) is 25.2 Å². The lowest BCUT2D eigenvalue weighted by molar-refractivity contribution is -0.129. The Morgan fingerprint density at radius 2 is 2.25 bits per heavy atom. The van der Waals surface area contributed by atoms with Gasteiger partial charge in [0.25, 0.3) is 0 Å². The number of thioether (sulfide) groups is 1. The van der Waals surface area contributed by atoms with E-state index in [1.807, 2.05) is 19.2 Å². The molecule has 0 aromatic carbocycles. The molecule has 0 bridgehead atoms. The van der Waals surface area contributed by atoms with Gasteiger partial charge >= 0.3 is 5.69 Å². The molecule has 1 amide bonds. The normalized spacial score (nSPS) is 12.2. The van der Waals surface area contributed by atoms with E-state index in [1.54, 1.807) is 18.7 Å². The number of carbonyl (C=O) groups is 1. The molecule has 6 nitrogen and oxygen atoms in total. The van der Waals surface area contributed by atoms with Gasteiger partial charge in [0.1, 0.15) is 6.10 Å². The van der Waals surface area contributed by atoms with Gasteiger partial charge in [-0.05, 0) is 38.3 Å². The topological polar surface area (TPSA) is 84.2 Å². The van der Waals surface area contributed by atoms with E-state index >= 15 is 0 Å². The molecule has 1 rings (SSSR count). The van der Waals surface area contributed by atoms with E-state index in [-0.39, 0.29) is 5.69 Å². The van der Waals surface area contributed by atoms with Crippen molar-refractivity contribution in [3.05, 3.63) is 27.9 Å². The minimum Gasteiger partial charge on any atom is -0.383 e. The zero-order valence-corrected chi connectivity index (χ0v) is 12.9. The molecule has 2 N–H and O–H groups in total. The second-order valence-electron chi connectivity index (χ2n) is 4.56. The summed E-state index contributed by atoms with van der Waals surface area (Å²) in [6.45, 7) is 4.23. The first-order chi connectivity index (χ1) is 9.45. The van der Waals surface area contributed by atoms with Crippen LogP contribution in [0.5, 0.6) is 0 Å². The van der Waals surface area contributed by atoms with Crippen molar-refractivity contribution in [1.82, 2.24) is 14.9 Å². The largest absolute Gasteiger partial charge is 0.383 e. The van der Waals surface area contributed by atoms with Gasteiger partial charge in [-0.15, -0.1) is 0 Å². The Morgan fingerprint density at radius 3 is 2.85 bits per heavy atom. The van der Waals surface area contributed by atoms with Crippen LogP contribution < -0.4 is 11.0 Å². The number of nitrogens with zero attached hydrogens (tertiary/aromatic N) is 2. The maximum atomic E-state index is 11.7. The summed E-state index contributed by atoms with van der Waals surface area (Å²) in [6.07, 6.45) is 1.36. The average molecular weight is 299 g/mol. The Labute approximate surface area is 122 Å². The Kier molecular flexibility index (Phi) is 6.74. The first-order valence-corrected chi connectivity index (χ1v) is 7.85. The molecule has 1 atom stereocenters. The zero-order valence-electron chi connectivity index (χ0n) is 12.0. The van der Waals surface area contributed by atoms with Crippen molar-refractivity contribution in [2.45, 2.75) is 32.9 Å². The highest BCUT2D eigenvalue weighted by atomic mass is 32.2. The summed E-state index contributed by atoms with van der Waals surface area (Å²) in [5.74, 6) is 0.333. The molecule has 0 fully saturated rings. The van der Waals surface area contributed by atoms with Gasteiger partial charge in [0.15, 0.2) is 0 Å². The Morgan fingerprint density at radius 1 is 1.55 bits per heavy atom. The zero-order chi connectivity index (χ0) is 15.1. The van der Waals surface area contributed by atoms with Gasteiger partial charge < -0.3 is 10.4 Å². The Hall–Kier alpha value is -1.34. The highest BCUT2D eigenvalue weighted by Gasteiger charge is 2.13. The molecule has 20 heavy (non-hydrogen) atoms. The molecule has 1 heterocycles. The summed E-state index contributed by atoms with van der Waals surface area (Å²) in [4.78, 5) is 27.1. The highest BCUT2D eigenvalue weighted by molar-refractivity contribution is 7.98. The van der Waals surface area contributed by atoms with Gasteiger partial charge in [-0.25, -0.2) is 4.79 Å². The molecule has 0 saturated carbocycles. The maximum Gasteiger partial charge on any atom is 0.348 e. The summed E-state index contributed by atoms with van der Waals surface area (Å²) >= 11 is 1.58. The third-order valence-corrected chi connectivity index (χ3v) is 3.52. The van der Waals surface area contributed by atoms with Crippen molar-refractivity contribution in [2.24, 2.45) is 0 Å². The van der Waals surface area contributed by atoms with E-state index in [2.05, 4.69) is 10.3 Å². The van der Waals surface area contributed by atoms with E-state index in [9.17, 15) is 14.7 Å². The maximum absolute atomic E-state index is 11.7. The van der Waals surface area contributed by atoms with Gasteiger partial charge in [-0.1, -0.05) is 0 Å². The summed E-state index contributed by atoms with van der Waals surface area (Å²) in [5, 5.41) is 12.2. The lowest BCUT2D eigenvalue weighted by atomic mass is 10.2. The quantitative estimate of drug-likeness (QED) is 0.745. The van der Waals surface area contributed by atoms with Gasteiger partial charge in [0.2, 0.25) is 5.91 Å². The fourth-order valence-electron chi connectivity index (χ4n) is 1.82. The van der Waals surface area contributed by atoms with Gasteiger partial charge in [0, 0.05) is 24.5 Å². The van der Waals surface area contributed by atoms with Crippen LogP contribution >= 0.6 is 11.8 Å². The van der Waals surface area contributed by atoms with Crippen molar-refractivity contribution in [2.75, 3.05) is 18.6 Å². The molecule has 0 aliphatic rings. The summed E-state index contributed by atoms with van der Waals surface area (Å²) in [6, 6.07) is 1.82. The summed E-state index contributed by atoms with van der Waals surface area (Å²) < 4.78 is 1.50. The molecule has 1 aromatic rings. The van der Waals surface area contributed by atoms with E-state index in [1.165, 1.54) is 4.57 Å². The first-order valence-electron chi connectivity index (χ1n) is 6.45. The van der Waals surface area contributed by atoms with Crippen molar-refractivity contribution in [3.63, 3.8) is 0 Å². The predicted octanol–water partition coefficient (Wildman–Crippen LogP) is 0.0903. The number of hydrogen-bond donors (Lipinski definition) is 2. The minimum atomic E-state index is -0.989. The number of aromatic nitrogens is 2. The molecule has 1 aromatic heterocycles. The van der Waals surface area contributed by atoms with E-state index in [4.69, 9.17) is 0 Å². The number of carbonyl (C=O) groups excluding carboxylic acids is 1. The summed E-state index contributed by atoms with van der Waals surface area (Å²) in [7, 11) is 0. The monoisotopic (exact) mass is 299 g/mol. The Bertz CT molecular complexity index is 516. The molecule has 0 radical (unpaired) electrons. The van der Waals surface area contributed by atoms with Crippen LogP contribution in [0.25, 0.3) is 0 Å². The third kappa shape index (κ3) is 4.97. The molecule has 0 saturated heterocycles. The van der Waals surface area contributed by atoms with Gasteiger partial charge in [-0.2, -0.15) is 16.7 Å². The third-order valence-electron chi connectivity index (χ3n) is 2.88. The lowest BCUT2D eigenvalue weighted by Gasteiger charge is -2.13. The van der Waals surface area contributed by atoms with Crippen LogP contribution in [0.15, 0.2) is 10.9 Å². The number of amides is 1. The van der Waals surface area contributed by atoms with E-state index in [0.717, 1.165) is 11.4 Å². The van der Waals surface area contributed by atoms with Crippen LogP contribution in [0.2, 0.25) is 0 Å². The van der Waals surface area contributed by atoms with Crippen LogP contribution in [0.1, 0.15) is 17.8 Å². The van der Waals surface area contributed by atoms with Crippen LogP contribution in [-0.2, 0) is 11.3 Å². The number of aliphatic hydroxyl groups excluding tert-OH is 1. The molecule has 112 valence electrons. The second kappa shape index (κ2) is 8.06. The van der Waals surface area contributed by atoms with Crippen molar-refractivity contribution in [1.29, 1.82) is 0 Å². The minimum absolute atomic E-state index is 0.292. The van der Waals surface area contributed by atoms with Crippen LogP contribution in [-0.4, -0.2) is 45.2 Å². The van der Waals surface area contributed by atoms with Crippen LogP contribution in [0.3, 0.4) is 0 Å². The highest BCUT2D eigenvalue weighted by Crippen LogP contribution is 2.00. The number of nitrogens with one attached hydrogen (secondary N) is 1. The number of hydrogen-bond acceptors (Lipinski definition) is 5. The van der Waals surface area contributed by atoms with Crippen molar-refractivity contribution >= 4 is 17.7 Å². The van der Waals surface area contributed by atoms with E-state index < -0.39 is 12.0 Å². The smallest absolute Gasteiger partial charge is 0.348 e. The number of aliphatic hydroxyl groups is 1. The number of rotatable bonds is 7. The second-order valence-corrected chi connectivity index (χ2v) is 5.55. The fraction of sp³-hybridized carbons (Fsp3) is 0.615. The van der Waals surface area contributed by atoms with Crippen molar-refractivity contribution in [3.8, 4) is 0 Å². The number of aryl methyl sites for hydroxylation is 2. The first kappa shape index (κ1) is 16.7. The fourth-order valence-corrected chi connectivity index (χ4v) is 2.27. The van der Waals surface area contributed by atoms with Crippen LogP contribution in [0.4, 0.5) is 0 Å². The molecule has 7 heteroatoms. The SMILES string of the molecule is CSCC[C@H](O)C(=O)NCCn1c(C)cc(C)nc1=O. The average Bonchev–Trinajstić information content (AvgIpc) is 2.38. The lowest BCUT2D eigenvalue weighted by Crippen LogP contribution is -2.38. The molecule has 0 aliphatic carbocycles. The molecule has 0 unspecified atom stereocenters. The molecule has 0 aliphatic heterocycles.